The molecule has 0 aliphatic rings. The maximum absolute atomic E-state index is 5.01. The summed E-state index contributed by atoms with van der Waals surface area (Å²) in [6.07, 6.45) is 1.74. The second-order valence-electron chi connectivity index (χ2n) is 5.05. The molecular formula is C16H22N4O. The summed E-state index contributed by atoms with van der Waals surface area (Å²) < 4.78 is 5.01. The summed E-state index contributed by atoms with van der Waals surface area (Å²) in [6.45, 7) is 5.70. The van der Waals surface area contributed by atoms with Gasteiger partial charge in [-0.2, -0.15) is 4.98 Å². The molecule has 112 valence electrons. The Hall–Kier alpha value is -2.14. The molecule has 0 saturated carbocycles. The Bertz CT molecular complexity index is 572. The van der Waals surface area contributed by atoms with Crippen molar-refractivity contribution < 1.29 is 4.74 Å². The van der Waals surface area contributed by atoms with Crippen molar-refractivity contribution in [1.82, 2.24) is 9.97 Å². The first-order chi connectivity index (χ1) is 10.2. The standard InChI is InChI=1S/C16H22N4O/c1-12(2)13-6-4-5-7-14(13)19-16-18-9-8-15(20-16)17-10-11-21-3/h4-9,12H,10-11H2,1-3H3,(H2,17,18,19,20). The molecule has 0 saturated heterocycles. The van der Waals surface area contributed by atoms with Crippen LogP contribution in [0.15, 0.2) is 36.5 Å². The van der Waals surface area contributed by atoms with Crippen molar-refractivity contribution in [3.8, 4) is 0 Å². The number of benzene rings is 1. The van der Waals surface area contributed by atoms with Gasteiger partial charge in [0.1, 0.15) is 5.82 Å². The third-order valence-corrected chi connectivity index (χ3v) is 3.10. The molecule has 0 atom stereocenters. The van der Waals surface area contributed by atoms with Gasteiger partial charge < -0.3 is 15.4 Å². The highest BCUT2D eigenvalue weighted by molar-refractivity contribution is 5.60. The molecule has 0 spiro atoms. The molecule has 1 aromatic heterocycles. The molecule has 0 radical (unpaired) electrons. The van der Waals surface area contributed by atoms with Gasteiger partial charge in [0.2, 0.25) is 5.95 Å². The number of anilines is 3. The molecule has 2 rings (SSSR count). The molecule has 2 N–H and O–H groups in total. The first-order valence-electron chi connectivity index (χ1n) is 7.12. The summed E-state index contributed by atoms with van der Waals surface area (Å²) in [4.78, 5) is 8.72. The Kier molecular flexibility index (Phi) is 5.51. The van der Waals surface area contributed by atoms with E-state index in [0.29, 0.717) is 18.5 Å². The number of rotatable bonds is 7. The largest absolute Gasteiger partial charge is 0.383 e. The molecule has 1 aromatic carbocycles. The summed E-state index contributed by atoms with van der Waals surface area (Å²) in [5, 5.41) is 6.48. The summed E-state index contributed by atoms with van der Waals surface area (Å²) in [5.74, 6) is 1.81. The second-order valence-corrected chi connectivity index (χ2v) is 5.05. The molecule has 5 heteroatoms. The van der Waals surface area contributed by atoms with Gasteiger partial charge in [-0.1, -0.05) is 32.0 Å². The summed E-state index contributed by atoms with van der Waals surface area (Å²) in [7, 11) is 1.68. The Balaban J connectivity index is 2.11. The monoisotopic (exact) mass is 286 g/mol. The normalized spacial score (nSPS) is 10.7. The Morgan fingerprint density at radius 1 is 1.19 bits per heavy atom. The van der Waals surface area contributed by atoms with E-state index in [-0.39, 0.29) is 0 Å². The number of methoxy groups -OCH3 is 1. The lowest BCUT2D eigenvalue weighted by Gasteiger charge is -2.14. The van der Waals surface area contributed by atoms with E-state index >= 15 is 0 Å². The average Bonchev–Trinajstić information content (AvgIpc) is 2.48. The van der Waals surface area contributed by atoms with Gasteiger partial charge in [0.05, 0.1) is 6.61 Å². The van der Waals surface area contributed by atoms with Crippen LogP contribution in [0.2, 0.25) is 0 Å². The number of nitrogens with one attached hydrogen (secondary N) is 2. The number of hydrogen-bond acceptors (Lipinski definition) is 5. The number of aromatic nitrogens is 2. The second kappa shape index (κ2) is 7.59. The van der Waals surface area contributed by atoms with Crippen molar-refractivity contribution >= 4 is 17.5 Å². The van der Waals surface area contributed by atoms with E-state index in [1.54, 1.807) is 13.3 Å². The highest BCUT2D eigenvalue weighted by Crippen LogP contribution is 2.25. The molecule has 0 unspecified atom stereocenters. The van der Waals surface area contributed by atoms with E-state index in [1.165, 1.54) is 5.56 Å². The number of nitrogens with zero attached hydrogens (tertiary/aromatic N) is 2. The topological polar surface area (TPSA) is 59.1 Å². The first kappa shape index (κ1) is 15.3. The first-order valence-corrected chi connectivity index (χ1v) is 7.12. The average molecular weight is 286 g/mol. The molecule has 2 aromatic rings. The summed E-state index contributed by atoms with van der Waals surface area (Å²) in [5.41, 5.74) is 2.29. The van der Waals surface area contributed by atoms with Crippen LogP contribution < -0.4 is 10.6 Å². The van der Waals surface area contributed by atoms with Crippen LogP contribution in [0.1, 0.15) is 25.3 Å². The van der Waals surface area contributed by atoms with Crippen molar-refractivity contribution in [2.24, 2.45) is 0 Å². The van der Waals surface area contributed by atoms with E-state index in [1.807, 2.05) is 24.3 Å². The third kappa shape index (κ3) is 4.43. The highest BCUT2D eigenvalue weighted by atomic mass is 16.5. The van der Waals surface area contributed by atoms with E-state index in [0.717, 1.165) is 18.1 Å². The SMILES string of the molecule is COCCNc1ccnc(Nc2ccccc2C(C)C)n1. The smallest absolute Gasteiger partial charge is 0.229 e. The minimum atomic E-state index is 0.441. The van der Waals surface area contributed by atoms with E-state index < -0.39 is 0 Å². The molecule has 0 aliphatic carbocycles. The van der Waals surface area contributed by atoms with Gasteiger partial charge in [-0.3, -0.25) is 0 Å². The fraction of sp³-hybridized carbons (Fsp3) is 0.375. The van der Waals surface area contributed by atoms with Gasteiger partial charge in [-0.05, 0) is 23.6 Å². The molecule has 0 aliphatic heterocycles. The maximum atomic E-state index is 5.01. The van der Waals surface area contributed by atoms with Gasteiger partial charge in [0, 0.05) is 25.5 Å². The summed E-state index contributed by atoms with van der Waals surface area (Å²) in [6, 6.07) is 10.1. The summed E-state index contributed by atoms with van der Waals surface area (Å²) >= 11 is 0. The van der Waals surface area contributed by atoms with Gasteiger partial charge in [-0.15, -0.1) is 0 Å². The fourth-order valence-corrected chi connectivity index (χ4v) is 2.03. The molecular weight excluding hydrogens is 264 g/mol. The van der Waals surface area contributed by atoms with Crippen LogP contribution in [0, 0.1) is 0 Å². The fourth-order valence-electron chi connectivity index (χ4n) is 2.03. The van der Waals surface area contributed by atoms with Crippen LogP contribution in [0.3, 0.4) is 0 Å². The van der Waals surface area contributed by atoms with Gasteiger partial charge in [0.25, 0.3) is 0 Å². The van der Waals surface area contributed by atoms with Crippen LogP contribution in [-0.4, -0.2) is 30.2 Å². The lowest BCUT2D eigenvalue weighted by atomic mass is 10.0. The van der Waals surface area contributed by atoms with E-state index in [2.05, 4.69) is 40.5 Å². The van der Waals surface area contributed by atoms with Crippen LogP contribution in [-0.2, 0) is 4.74 Å². The molecule has 5 nitrogen and oxygen atoms in total. The van der Waals surface area contributed by atoms with Gasteiger partial charge in [0.15, 0.2) is 0 Å². The zero-order chi connectivity index (χ0) is 15.1. The maximum Gasteiger partial charge on any atom is 0.229 e. The zero-order valence-electron chi connectivity index (χ0n) is 12.8. The van der Waals surface area contributed by atoms with Gasteiger partial charge >= 0.3 is 0 Å². The quantitative estimate of drug-likeness (QED) is 0.764. The lowest BCUT2D eigenvalue weighted by molar-refractivity contribution is 0.210. The number of ether oxygens (including phenoxy) is 1. The van der Waals surface area contributed by atoms with E-state index in [9.17, 15) is 0 Å². The van der Waals surface area contributed by atoms with Crippen LogP contribution in [0.25, 0.3) is 0 Å². The number of para-hydroxylation sites is 1. The van der Waals surface area contributed by atoms with Crippen molar-refractivity contribution in [3.63, 3.8) is 0 Å². The van der Waals surface area contributed by atoms with Crippen molar-refractivity contribution in [2.75, 3.05) is 30.9 Å². The minimum absolute atomic E-state index is 0.441. The lowest BCUT2D eigenvalue weighted by Crippen LogP contribution is -2.10. The zero-order valence-corrected chi connectivity index (χ0v) is 12.8. The molecule has 0 amide bonds. The van der Waals surface area contributed by atoms with E-state index in [4.69, 9.17) is 4.74 Å². The third-order valence-electron chi connectivity index (χ3n) is 3.10. The molecule has 21 heavy (non-hydrogen) atoms. The van der Waals surface area contributed by atoms with Crippen LogP contribution in [0.5, 0.6) is 0 Å². The molecule has 0 bridgehead atoms. The minimum Gasteiger partial charge on any atom is -0.383 e. The van der Waals surface area contributed by atoms with Gasteiger partial charge in [-0.25, -0.2) is 4.98 Å². The predicted octanol–water partition coefficient (Wildman–Crippen LogP) is 3.40. The predicted molar refractivity (Wildman–Crippen MR) is 86.2 cm³/mol. The van der Waals surface area contributed by atoms with Crippen molar-refractivity contribution in [1.29, 1.82) is 0 Å². The number of hydrogen-bond donors (Lipinski definition) is 2. The Morgan fingerprint density at radius 3 is 2.76 bits per heavy atom. The Morgan fingerprint density at radius 2 is 2.00 bits per heavy atom. The molecule has 0 fully saturated rings. The van der Waals surface area contributed by atoms with Crippen molar-refractivity contribution in [2.45, 2.75) is 19.8 Å². The van der Waals surface area contributed by atoms with Crippen LogP contribution >= 0.6 is 0 Å². The highest BCUT2D eigenvalue weighted by Gasteiger charge is 2.07. The molecule has 1 heterocycles. The van der Waals surface area contributed by atoms with Crippen LogP contribution in [0.4, 0.5) is 17.5 Å². The van der Waals surface area contributed by atoms with Crippen molar-refractivity contribution in [3.05, 3.63) is 42.1 Å². The Labute approximate surface area is 125 Å².